The first-order valence-electron chi connectivity index (χ1n) is 18.3. The van der Waals surface area contributed by atoms with Crippen LogP contribution in [0.2, 0.25) is 0 Å². The van der Waals surface area contributed by atoms with Gasteiger partial charge < -0.3 is 4.42 Å². The van der Waals surface area contributed by atoms with Crippen molar-refractivity contribution in [3.05, 3.63) is 194 Å². The Morgan fingerprint density at radius 2 is 0.764 bits per heavy atom. The Morgan fingerprint density at radius 3 is 1.36 bits per heavy atom. The van der Waals surface area contributed by atoms with Gasteiger partial charge in [0.15, 0.2) is 17.5 Å². The van der Waals surface area contributed by atoms with E-state index in [1.54, 1.807) is 0 Å². The quantitative estimate of drug-likeness (QED) is 0.165. The Kier molecular flexibility index (Phi) is 8.08. The third-order valence-electron chi connectivity index (χ3n) is 9.91. The minimum atomic E-state index is 0.614. The topological polar surface area (TPSA) is 64.7 Å². The molecule has 0 aliphatic carbocycles. The number of furan rings is 1. The molecule has 0 atom stereocenters. The SMILES string of the molecule is c1ccc(-c2nc(-c3ccccc3)nc(-c3cccc(-c4cccc(-c5c(-c6ccccc6)oc6c5c(-c5ccccc5)nc5ccccc56)c4)c3)n2)cc1. The molecule has 0 radical (unpaired) electrons. The second-order valence-electron chi connectivity index (χ2n) is 13.4. The monoisotopic (exact) mass is 704 g/mol. The van der Waals surface area contributed by atoms with Gasteiger partial charge in [-0.2, -0.15) is 0 Å². The third kappa shape index (κ3) is 6.04. The van der Waals surface area contributed by atoms with Crippen LogP contribution in [0.25, 0.3) is 101 Å². The van der Waals surface area contributed by atoms with E-state index in [1.165, 1.54) is 0 Å². The van der Waals surface area contributed by atoms with Crippen molar-refractivity contribution >= 4 is 21.9 Å². The average molecular weight is 705 g/mol. The van der Waals surface area contributed by atoms with Crippen molar-refractivity contribution in [1.82, 2.24) is 19.9 Å². The maximum Gasteiger partial charge on any atom is 0.164 e. The summed E-state index contributed by atoms with van der Waals surface area (Å²) in [4.78, 5) is 20.1. The lowest BCUT2D eigenvalue weighted by Gasteiger charge is -2.11. The van der Waals surface area contributed by atoms with E-state index in [0.29, 0.717) is 17.5 Å². The van der Waals surface area contributed by atoms with Crippen LogP contribution in [0.3, 0.4) is 0 Å². The van der Waals surface area contributed by atoms with Crippen molar-refractivity contribution in [1.29, 1.82) is 0 Å². The van der Waals surface area contributed by atoms with Crippen LogP contribution in [-0.2, 0) is 0 Å². The molecule has 0 spiro atoms. The molecule has 5 nitrogen and oxygen atoms in total. The molecule has 7 aromatic carbocycles. The van der Waals surface area contributed by atoms with Crippen LogP contribution in [0.4, 0.5) is 0 Å². The molecule has 0 bridgehead atoms. The van der Waals surface area contributed by atoms with Gasteiger partial charge >= 0.3 is 0 Å². The molecule has 3 aromatic heterocycles. The van der Waals surface area contributed by atoms with Gasteiger partial charge in [0.1, 0.15) is 11.3 Å². The van der Waals surface area contributed by atoms with E-state index in [-0.39, 0.29) is 0 Å². The number of hydrogen-bond donors (Lipinski definition) is 0. The van der Waals surface area contributed by atoms with Gasteiger partial charge in [-0.25, -0.2) is 19.9 Å². The summed E-state index contributed by atoms with van der Waals surface area (Å²) in [6, 6.07) is 66.2. The fourth-order valence-corrected chi connectivity index (χ4v) is 7.29. The molecule has 0 N–H and O–H groups in total. The molecule has 0 amide bonds. The Hall–Kier alpha value is -7.50. The minimum Gasteiger partial charge on any atom is -0.455 e. The standard InChI is InChI=1S/C50H32N4O/c1-5-17-33(18-6-1)45-44-43(46(34-19-7-2-8-20-34)55-47(44)41-29-13-14-30-42(41)51-45)39-27-15-25-37(31-39)38-26-16-28-40(32-38)50-53-48(35-21-9-3-10-22-35)52-49(54-50)36-23-11-4-12-24-36/h1-32H. The first kappa shape index (κ1) is 32.2. The van der Waals surface area contributed by atoms with Gasteiger partial charge in [0.2, 0.25) is 0 Å². The average Bonchev–Trinajstić information content (AvgIpc) is 3.69. The van der Waals surface area contributed by atoms with Crippen LogP contribution in [-0.4, -0.2) is 19.9 Å². The van der Waals surface area contributed by atoms with Gasteiger partial charge in [-0.05, 0) is 41.0 Å². The zero-order valence-corrected chi connectivity index (χ0v) is 29.7. The van der Waals surface area contributed by atoms with E-state index in [9.17, 15) is 0 Å². The number of aromatic nitrogens is 4. The summed E-state index contributed by atoms with van der Waals surface area (Å²) in [5.74, 6) is 2.69. The Labute approximate surface area is 318 Å². The zero-order valence-electron chi connectivity index (χ0n) is 29.7. The summed E-state index contributed by atoms with van der Waals surface area (Å²) in [6.45, 7) is 0. The number of para-hydroxylation sites is 1. The molecule has 3 heterocycles. The van der Waals surface area contributed by atoms with Crippen molar-refractivity contribution in [2.75, 3.05) is 0 Å². The van der Waals surface area contributed by atoms with Crippen molar-refractivity contribution in [2.45, 2.75) is 0 Å². The predicted molar refractivity (Wildman–Crippen MR) is 223 cm³/mol. The van der Waals surface area contributed by atoms with Crippen molar-refractivity contribution in [3.63, 3.8) is 0 Å². The second-order valence-corrected chi connectivity index (χ2v) is 13.4. The highest BCUT2D eigenvalue weighted by molar-refractivity contribution is 6.17. The van der Waals surface area contributed by atoms with E-state index in [2.05, 4.69) is 109 Å². The Bertz CT molecular complexity index is 2900. The number of pyridine rings is 1. The van der Waals surface area contributed by atoms with Gasteiger partial charge in [0.25, 0.3) is 0 Å². The van der Waals surface area contributed by atoms with Gasteiger partial charge in [0, 0.05) is 38.8 Å². The largest absolute Gasteiger partial charge is 0.455 e. The third-order valence-corrected chi connectivity index (χ3v) is 9.91. The zero-order chi connectivity index (χ0) is 36.6. The molecule has 0 unspecified atom stereocenters. The Balaban J connectivity index is 1.16. The summed E-state index contributed by atoms with van der Waals surface area (Å²) in [6.07, 6.45) is 0. The van der Waals surface area contributed by atoms with E-state index in [0.717, 1.165) is 83.4 Å². The van der Waals surface area contributed by atoms with Crippen LogP contribution >= 0.6 is 0 Å². The number of benzene rings is 7. The normalized spacial score (nSPS) is 11.3. The molecular formula is C50H32N4O. The smallest absolute Gasteiger partial charge is 0.164 e. The first-order valence-corrected chi connectivity index (χ1v) is 18.3. The highest BCUT2D eigenvalue weighted by atomic mass is 16.3. The van der Waals surface area contributed by atoms with E-state index in [4.69, 9.17) is 24.4 Å². The van der Waals surface area contributed by atoms with E-state index in [1.807, 2.05) is 84.9 Å². The summed E-state index contributed by atoms with van der Waals surface area (Å²) in [5, 5.41) is 1.97. The number of rotatable bonds is 7. The molecule has 0 aliphatic heterocycles. The highest BCUT2D eigenvalue weighted by Crippen LogP contribution is 2.47. The van der Waals surface area contributed by atoms with Crippen LogP contribution in [0.1, 0.15) is 0 Å². The lowest BCUT2D eigenvalue weighted by Crippen LogP contribution is -2.00. The fraction of sp³-hybridized carbons (Fsp3) is 0. The summed E-state index contributed by atoms with van der Waals surface area (Å²) in [5.41, 5.74) is 11.6. The first-order chi connectivity index (χ1) is 27.3. The van der Waals surface area contributed by atoms with Gasteiger partial charge in [0.05, 0.1) is 16.6 Å². The molecule has 0 saturated carbocycles. The number of nitrogens with zero attached hydrogens (tertiary/aromatic N) is 4. The van der Waals surface area contributed by atoms with Crippen LogP contribution in [0, 0.1) is 0 Å². The van der Waals surface area contributed by atoms with Gasteiger partial charge in [-0.15, -0.1) is 0 Å². The van der Waals surface area contributed by atoms with E-state index < -0.39 is 0 Å². The Morgan fingerprint density at radius 1 is 0.327 bits per heavy atom. The van der Waals surface area contributed by atoms with Crippen LogP contribution in [0.5, 0.6) is 0 Å². The molecule has 10 rings (SSSR count). The molecule has 0 fully saturated rings. The van der Waals surface area contributed by atoms with Crippen molar-refractivity contribution < 1.29 is 4.42 Å². The van der Waals surface area contributed by atoms with Gasteiger partial charge in [-0.3, -0.25) is 0 Å². The van der Waals surface area contributed by atoms with Crippen molar-refractivity contribution in [3.8, 4) is 79.0 Å². The molecule has 0 saturated heterocycles. The lowest BCUT2D eigenvalue weighted by molar-refractivity contribution is 0.636. The molecule has 10 aromatic rings. The van der Waals surface area contributed by atoms with Gasteiger partial charge in [-0.1, -0.05) is 170 Å². The predicted octanol–water partition coefficient (Wildman–Crippen LogP) is 12.8. The molecule has 5 heteroatoms. The molecule has 258 valence electrons. The van der Waals surface area contributed by atoms with E-state index >= 15 is 0 Å². The molecular weight excluding hydrogens is 673 g/mol. The number of hydrogen-bond acceptors (Lipinski definition) is 5. The number of fused-ring (bicyclic) bond motifs is 3. The van der Waals surface area contributed by atoms with Crippen LogP contribution < -0.4 is 0 Å². The maximum atomic E-state index is 6.97. The summed E-state index contributed by atoms with van der Waals surface area (Å²) >= 11 is 0. The highest BCUT2D eigenvalue weighted by Gasteiger charge is 2.24. The fourth-order valence-electron chi connectivity index (χ4n) is 7.29. The minimum absolute atomic E-state index is 0.614. The summed E-state index contributed by atoms with van der Waals surface area (Å²) in [7, 11) is 0. The van der Waals surface area contributed by atoms with Crippen LogP contribution in [0.15, 0.2) is 199 Å². The lowest BCUT2D eigenvalue weighted by atomic mass is 9.92. The molecule has 55 heavy (non-hydrogen) atoms. The van der Waals surface area contributed by atoms with Crippen molar-refractivity contribution in [2.24, 2.45) is 0 Å². The molecule has 0 aliphatic rings. The second kappa shape index (κ2) is 13.8. The summed E-state index contributed by atoms with van der Waals surface area (Å²) < 4.78 is 6.97. The maximum absolute atomic E-state index is 6.97.